The zero-order valence-electron chi connectivity index (χ0n) is 20.0. The highest BCUT2D eigenvalue weighted by molar-refractivity contribution is 9.10. The predicted molar refractivity (Wildman–Crippen MR) is 155 cm³/mol. The molecule has 0 radical (unpaired) electrons. The number of pyridine rings is 1. The Hall–Kier alpha value is -3.48. The Bertz CT molecular complexity index is 1570. The lowest BCUT2D eigenvalue weighted by Gasteiger charge is -2.28. The van der Waals surface area contributed by atoms with Gasteiger partial charge in [0.15, 0.2) is 5.11 Å². The van der Waals surface area contributed by atoms with E-state index in [4.69, 9.17) is 17.2 Å². The molecule has 0 saturated carbocycles. The third kappa shape index (κ3) is 3.81. The van der Waals surface area contributed by atoms with E-state index in [1.807, 2.05) is 18.3 Å². The Morgan fingerprint density at radius 2 is 1.64 bits per heavy atom. The van der Waals surface area contributed by atoms with Crippen LogP contribution in [0.15, 0.2) is 102 Å². The molecular weight excluding hydrogens is 528 g/mol. The molecule has 178 valence electrons. The van der Waals surface area contributed by atoms with Crippen molar-refractivity contribution in [1.29, 1.82) is 0 Å². The molecule has 4 nitrogen and oxygen atoms in total. The molecule has 0 amide bonds. The Labute approximate surface area is 224 Å². The van der Waals surface area contributed by atoms with Crippen molar-refractivity contribution in [1.82, 2.24) is 14.9 Å². The Kier molecular flexibility index (Phi) is 5.86. The van der Waals surface area contributed by atoms with E-state index in [1.165, 1.54) is 33.4 Å². The number of aryl methyl sites for hydroxylation is 1. The van der Waals surface area contributed by atoms with Crippen molar-refractivity contribution >= 4 is 49.7 Å². The molecule has 1 fully saturated rings. The quantitative estimate of drug-likeness (QED) is 0.233. The molecule has 2 unspecified atom stereocenters. The van der Waals surface area contributed by atoms with E-state index in [0.29, 0.717) is 5.11 Å². The molecule has 1 saturated heterocycles. The number of benzene rings is 3. The number of nitrogens with zero attached hydrogens (tertiary/aromatic N) is 3. The number of aromatic nitrogens is 2. The smallest absolute Gasteiger partial charge is 0.174 e. The number of anilines is 1. The van der Waals surface area contributed by atoms with E-state index in [1.54, 1.807) is 0 Å². The lowest BCUT2D eigenvalue weighted by Crippen LogP contribution is -2.29. The van der Waals surface area contributed by atoms with Crippen LogP contribution in [0, 0.1) is 13.8 Å². The highest BCUT2D eigenvalue weighted by atomic mass is 79.9. The van der Waals surface area contributed by atoms with Gasteiger partial charge in [-0.3, -0.25) is 4.98 Å². The first-order valence-electron chi connectivity index (χ1n) is 12.0. The summed E-state index contributed by atoms with van der Waals surface area (Å²) in [6.07, 6.45) is 1.85. The van der Waals surface area contributed by atoms with Gasteiger partial charge in [-0.05, 0) is 85.5 Å². The number of rotatable bonds is 4. The van der Waals surface area contributed by atoms with Gasteiger partial charge in [-0.1, -0.05) is 58.4 Å². The van der Waals surface area contributed by atoms with Gasteiger partial charge in [0, 0.05) is 33.1 Å². The topological polar surface area (TPSA) is 33.1 Å². The summed E-state index contributed by atoms with van der Waals surface area (Å²) in [7, 11) is 0. The number of thiocarbonyl (C=S) groups is 1. The van der Waals surface area contributed by atoms with Crippen LogP contribution in [0.5, 0.6) is 0 Å². The number of halogens is 1. The van der Waals surface area contributed by atoms with Gasteiger partial charge in [-0.15, -0.1) is 0 Å². The molecule has 5 aromatic rings. The molecule has 1 aliphatic heterocycles. The van der Waals surface area contributed by atoms with Crippen LogP contribution in [-0.4, -0.2) is 14.7 Å². The summed E-state index contributed by atoms with van der Waals surface area (Å²) in [6, 6.07) is 31.6. The number of nitrogens with one attached hydrogen (secondary N) is 1. The van der Waals surface area contributed by atoms with Crippen molar-refractivity contribution in [2.75, 3.05) is 4.90 Å². The molecule has 0 aliphatic carbocycles. The molecule has 0 bridgehead atoms. The lowest BCUT2D eigenvalue weighted by molar-refractivity contribution is 0.565. The van der Waals surface area contributed by atoms with Crippen LogP contribution in [0.25, 0.3) is 16.5 Å². The minimum Gasteiger partial charge on any atom is -0.351 e. The summed E-state index contributed by atoms with van der Waals surface area (Å²) in [6.45, 7) is 4.39. The third-order valence-electron chi connectivity index (χ3n) is 7.00. The van der Waals surface area contributed by atoms with E-state index in [-0.39, 0.29) is 12.1 Å². The van der Waals surface area contributed by atoms with Gasteiger partial charge in [-0.25, -0.2) is 0 Å². The van der Waals surface area contributed by atoms with Crippen LogP contribution >= 0.6 is 28.1 Å². The van der Waals surface area contributed by atoms with Crippen molar-refractivity contribution in [3.8, 4) is 5.69 Å². The first-order chi connectivity index (χ1) is 17.5. The predicted octanol–water partition coefficient (Wildman–Crippen LogP) is 7.58. The Balaban J connectivity index is 1.55. The molecule has 1 N–H and O–H groups in total. The fourth-order valence-electron chi connectivity index (χ4n) is 5.41. The highest BCUT2D eigenvalue weighted by Crippen LogP contribution is 2.44. The summed E-state index contributed by atoms with van der Waals surface area (Å²) in [5.74, 6) is 0. The van der Waals surface area contributed by atoms with Crippen LogP contribution < -0.4 is 10.2 Å². The number of hydrogen-bond donors (Lipinski definition) is 1. The van der Waals surface area contributed by atoms with E-state index in [9.17, 15) is 0 Å². The second-order valence-corrected chi connectivity index (χ2v) is 10.4. The van der Waals surface area contributed by atoms with Gasteiger partial charge in [-0.2, -0.15) is 0 Å². The molecule has 0 spiro atoms. The zero-order valence-corrected chi connectivity index (χ0v) is 22.4. The maximum absolute atomic E-state index is 5.92. The number of hydrogen-bond acceptors (Lipinski definition) is 2. The molecule has 2 aromatic heterocycles. The summed E-state index contributed by atoms with van der Waals surface area (Å²) < 4.78 is 3.41. The maximum atomic E-state index is 5.92. The van der Waals surface area contributed by atoms with Crippen LogP contribution in [0.4, 0.5) is 5.69 Å². The minimum absolute atomic E-state index is 0.0523. The van der Waals surface area contributed by atoms with Gasteiger partial charge < -0.3 is 14.8 Å². The summed E-state index contributed by atoms with van der Waals surface area (Å²) in [5.41, 5.74) is 6.82. The lowest BCUT2D eigenvalue weighted by atomic mass is 9.96. The average Bonchev–Trinajstić information content (AvgIpc) is 3.39. The summed E-state index contributed by atoms with van der Waals surface area (Å²) in [4.78, 5) is 6.94. The number of fused-ring (bicyclic) bond motifs is 1. The zero-order chi connectivity index (χ0) is 24.8. The normalized spacial score (nSPS) is 17.5. The monoisotopic (exact) mass is 552 g/mol. The second-order valence-electron chi connectivity index (χ2n) is 9.13. The SMILES string of the molecule is Cc1cc(C2C(c3ccccn3)NC(=S)N2c2ccc(Br)cc2)c(C)n1-c1cccc2ccccc12. The van der Waals surface area contributed by atoms with Crippen LogP contribution in [0.1, 0.15) is 34.7 Å². The van der Waals surface area contributed by atoms with E-state index in [0.717, 1.165) is 15.9 Å². The minimum atomic E-state index is -0.0798. The van der Waals surface area contributed by atoms with Crippen molar-refractivity contribution in [2.45, 2.75) is 25.9 Å². The molecular formula is C30H25BrN4S. The van der Waals surface area contributed by atoms with Gasteiger partial charge in [0.1, 0.15) is 0 Å². The fourth-order valence-corrected chi connectivity index (χ4v) is 6.02. The second kappa shape index (κ2) is 9.19. The van der Waals surface area contributed by atoms with Gasteiger partial charge in [0.2, 0.25) is 0 Å². The van der Waals surface area contributed by atoms with E-state index in [2.05, 4.69) is 123 Å². The highest BCUT2D eigenvalue weighted by Gasteiger charge is 2.42. The standard InChI is InChI=1S/C30H25BrN4S/c1-19-18-25(20(2)34(19)27-12-7-9-21-8-3-4-10-24(21)27)29-28(26-11-5-6-17-32-26)33-30(36)35(29)23-15-13-22(31)14-16-23/h3-18,28-29H,1-2H3,(H,33,36). The van der Waals surface area contributed by atoms with Crippen molar-refractivity contribution < 1.29 is 0 Å². The first-order valence-corrected chi connectivity index (χ1v) is 13.2. The molecule has 2 atom stereocenters. The summed E-state index contributed by atoms with van der Waals surface area (Å²) in [5, 5.41) is 6.75. The third-order valence-corrected chi connectivity index (χ3v) is 7.84. The molecule has 3 aromatic carbocycles. The van der Waals surface area contributed by atoms with Gasteiger partial charge >= 0.3 is 0 Å². The molecule has 36 heavy (non-hydrogen) atoms. The molecule has 1 aliphatic rings. The maximum Gasteiger partial charge on any atom is 0.174 e. The van der Waals surface area contributed by atoms with E-state index < -0.39 is 0 Å². The van der Waals surface area contributed by atoms with Crippen molar-refractivity contribution in [2.24, 2.45) is 0 Å². The molecule has 3 heterocycles. The van der Waals surface area contributed by atoms with Crippen molar-refractivity contribution in [3.05, 3.63) is 124 Å². The Morgan fingerprint density at radius 3 is 2.42 bits per heavy atom. The summed E-state index contributed by atoms with van der Waals surface area (Å²) >= 11 is 9.49. The Morgan fingerprint density at radius 1 is 0.889 bits per heavy atom. The first kappa shape index (κ1) is 23.0. The van der Waals surface area contributed by atoms with E-state index >= 15 is 0 Å². The van der Waals surface area contributed by atoms with Crippen LogP contribution in [0.3, 0.4) is 0 Å². The van der Waals surface area contributed by atoms with Gasteiger partial charge in [0.05, 0.1) is 23.5 Å². The fraction of sp³-hybridized carbons (Fsp3) is 0.133. The average molecular weight is 554 g/mol. The van der Waals surface area contributed by atoms with Crippen LogP contribution in [0.2, 0.25) is 0 Å². The molecule has 6 rings (SSSR count). The van der Waals surface area contributed by atoms with Crippen molar-refractivity contribution in [3.63, 3.8) is 0 Å². The van der Waals surface area contributed by atoms with Crippen LogP contribution in [-0.2, 0) is 0 Å². The molecule has 6 heteroatoms. The van der Waals surface area contributed by atoms with Gasteiger partial charge in [0.25, 0.3) is 0 Å². The largest absolute Gasteiger partial charge is 0.351 e.